The average molecular weight is 261 g/mol. The van der Waals surface area contributed by atoms with Crippen LogP contribution >= 0.6 is 0 Å². The molecule has 0 aliphatic heterocycles. The zero-order valence-corrected chi connectivity index (χ0v) is 10.0. The Bertz CT molecular complexity index is 412. The number of benzene rings is 1. The molecule has 0 heterocycles. The van der Waals surface area contributed by atoms with Crippen molar-refractivity contribution in [1.29, 1.82) is 0 Å². The Morgan fingerprint density at radius 1 is 1.39 bits per heavy atom. The van der Waals surface area contributed by atoms with Gasteiger partial charge in [0.25, 0.3) is 0 Å². The Balaban J connectivity index is 2.77. The predicted octanol–water partition coefficient (Wildman–Crippen LogP) is 3.90. The SMILES string of the molecule is C=CCC(C)NCc1ccc(F)c(C(F)(F)F)c1. The Kier molecular flexibility index (Phi) is 4.90. The van der Waals surface area contributed by atoms with Gasteiger partial charge < -0.3 is 5.32 Å². The molecule has 0 saturated carbocycles. The smallest absolute Gasteiger partial charge is 0.310 e. The van der Waals surface area contributed by atoms with Crippen molar-refractivity contribution in [2.75, 3.05) is 0 Å². The van der Waals surface area contributed by atoms with E-state index < -0.39 is 17.6 Å². The molecule has 0 radical (unpaired) electrons. The zero-order chi connectivity index (χ0) is 13.8. The number of rotatable bonds is 5. The second-order valence-electron chi connectivity index (χ2n) is 4.12. The van der Waals surface area contributed by atoms with Gasteiger partial charge in [0.15, 0.2) is 0 Å². The maximum absolute atomic E-state index is 13.0. The minimum Gasteiger partial charge on any atom is -0.310 e. The van der Waals surface area contributed by atoms with Gasteiger partial charge in [0.05, 0.1) is 5.56 Å². The average Bonchev–Trinajstić information content (AvgIpc) is 2.27. The molecule has 0 bridgehead atoms. The van der Waals surface area contributed by atoms with Crippen LogP contribution in [0.25, 0.3) is 0 Å². The quantitative estimate of drug-likeness (QED) is 0.626. The molecule has 0 aliphatic rings. The van der Waals surface area contributed by atoms with Crippen LogP contribution in [0.2, 0.25) is 0 Å². The van der Waals surface area contributed by atoms with E-state index >= 15 is 0 Å². The highest BCUT2D eigenvalue weighted by Gasteiger charge is 2.34. The minimum atomic E-state index is -4.66. The molecule has 18 heavy (non-hydrogen) atoms. The van der Waals surface area contributed by atoms with Gasteiger partial charge in [-0.2, -0.15) is 13.2 Å². The lowest BCUT2D eigenvalue weighted by atomic mass is 10.1. The molecule has 1 N–H and O–H groups in total. The van der Waals surface area contributed by atoms with Crippen LogP contribution in [0, 0.1) is 5.82 Å². The molecule has 0 amide bonds. The van der Waals surface area contributed by atoms with E-state index in [1.54, 1.807) is 6.08 Å². The first-order valence-corrected chi connectivity index (χ1v) is 5.54. The molecule has 1 rings (SSSR count). The van der Waals surface area contributed by atoms with Gasteiger partial charge >= 0.3 is 6.18 Å². The molecule has 0 saturated heterocycles. The minimum absolute atomic E-state index is 0.113. The molecule has 1 nitrogen and oxygen atoms in total. The van der Waals surface area contributed by atoms with E-state index in [1.807, 2.05) is 6.92 Å². The van der Waals surface area contributed by atoms with Crippen molar-refractivity contribution < 1.29 is 17.6 Å². The third kappa shape index (κ3) is 4.14. The lowest BCUT2D eigenvalue weighted by Gasteiger charge is -2.13. The van der Waals surface area contributed by atoms with Gasteiger partial charge in [0.2, 0.25) is 0 Å². The standard InChI is InChI=1S/C13H15F4N/c1-3-4-9(2)18-8-10-5-6-12(14)11(7-10)13(15,16)17/h3,5-7,9,18H,1,4,8H2,2H3. The topological polar surface area (TPSA) is 12.0 Å². The highest BCUT2D eigenvalue weighted by atomic mass is 19.4. The van der Waals surface area contributed by atoms with Gasteiger partial charge in [-0.05, 0) is 31.0 Å². The summed E-state index contributed by atoms with van der Waals surface area (Å²) in [6, 6.07) is 3.14. The number of hydrogen-bond acceptors (Lipinski definition) is 1. The second-order valence-corrected chi connectivity index (χ2v) is 4.12. The van der Waals surface area contributed by atoms with Crippen LogP contribution in [0.4, 0.5) is 17.6 Å². The van der Waals surface area contributed by atoms with Crippen LogP contribution in [0.3, 0.4) is 0 Å². The maximum Gasteiger partial charge on any atom is 0.419 e. The summed E-state index contributed by atoms with van der Waals surface area (Å²) in [6.45, 7) is 5.74. The summed E-state index contributed by atoms with van der Waals surface area (Å²) in [5.41, 5.74) is -0.821. The summed E-state index contributed by atoms with van der Waals surface area (Å²) in [5.74, 6) is -1.25. The molecule has 1 unspecified atom stereocenters. The van der Waals surface area contributed by atoms with Gasteiger partial charge in [0, 0.05) is 12.6 Å². The van der Waals surface area contributed by atoms with Crippen molar-refractivity contribution in [3.05, 3.63) is 47.8 Å². The van der Waals surface area contributed by atoms with Gasteiger partial charge in [0.1, 0.15) is 5.82 Å². The number of nitrogens with one attached hydrogen (secondary N) is 1. The van der Waals surface area contributed by atoms with Gasteiger partial charge in [-0.1, -0.05) is 12.1 Å². The molecule has 0 fully saturated rings. The Morgan fingerprint density at radius 2 is 2.06 bits per heavy atom. The first kappa shape index (κ1) is 14.7. The van der Waals surface area contributed by atoms with Crippen molar-refractivity contribution in [2.24, 2.45) is 0 Å². The summed E-state index contributed by atoms with van der Waals surface area (Å²) in [5, 5.41) is 3.04. The Morgan fingerprint density at radius 3 is 2.61 bits per heavy atom. The molecule has 0 aromatic heterocycles. The van der Waals surface area contributed by atoms with Crippen molar-refractivity contribution in [3.63, 3.8) is 0 Å². The highest BCUT2D eigenvalue weighted by Crippen LogP contribution is 2.31. The fourth-order valence-corrected chi connectivity index (χ4v) is 1.53. The second kappa shape index (κ2) is 6.00. The molecule has 0 aliphatic carbocycles. The van der Waals surface area contributed by atoms with Crippen LogP contribution in [-0.4, -0.2) is 6.04 Å². The monoisotopic (exact) mass is 261 g/mol. The van der Waals surface area contributed by atoms with Gasteiger partial charge in [-0.15, -0.1) is 6.58 Å². The lowest BCUT2D eigenvalue weighted by Crippen LogP contribution is -2.25. The third-order valence-corrected chi connectivity index (χ3v) is 2.51. The first-order valence-electron chi connectivity index (χ1n) is 5.54. The summed E-state index contributed by atoms with van der Waals surface area (Å²) >= 11 is 0. The van der Waals surface area contributed by atoms with E-state index in [1.165, 1.54) is 6.07 Å². The number of hydrogen-bond donors (Lipinski definition) is 1. The van der Waals surface area contributed by atoms with Crippen molar-refractivity contribution >= 4 is 0 Å². The van der Waals surface area contributed by atoms with Crippen LogP contribution in [0.15, 0.2) is 30.9 Å². The van der Waals surface area contributed by atoms with Crippen LogP contribution in [0.5, 0.6) is 0 Å². The number of alkyl halides is 3. The number of halogens is 4. The predicted molar refractivity (Wildman–Crippen MR) is 62.5 cm³/mol. The molecular formula is C13H15F4N. The summed E-state index contributed by atoms with van der Waals surface area (Å²) < 4.78 is 50.5. The fraction of sp³-hybridized carbons (Fsp3) is 0.385. The van der Waals surface area contributed by atoms with Crippen molar-refractivity contribution in [1.82, 2.24) is 5.32 Å². The molecule has 1 aromatic carbocycles. The Labute approximate surface area is 104 Å². The van der Waals surface area contributed by atoms with E-state index in [0.717, 1.165) is 12.1 Å². The molecule has 5 heteroatoms. The van der Waals surface area contributed by atoms with Crippen molar-refractivity contribution in [2.45, 2.75) is 32.1 Å². The molecule has 100 valence electrons. The molecule has 1 atom stereocenters. The molecule has 1 aromatic rings. The largest absolute Gasteiger partial charge is 0.419 e. The van der Waals surface area contributed by atoms with Crippen LogP contribution < -0.4 is 5.32 Å². The third-order valence-electron chi connectivity index (χ3n) is 2.51. The lowest BCUT2D eigenvalue weighted by molar-refractivity contribution is -0.140. The maximum atomic E-state index is 13.0. The van der Waals surface area contributed by atoms with E-state index in [4.69, 9.17) is 0 Å². The Hall–Kier alpha value is -1.36. The normalized spacial score (nSPS) is 13.4. The highest BCUT2D eigenvalue weighted by molar-refractivity contribution is 5.27. The van der Waals surface area contributed by atoms with Crippen LogP contribution in [0.1, 0.15) is 24.5 Å². The summed E-state index contributed by atoms with van der Waals surface area (Å²) in [6.07, 6.45) is -2.22. The van der Waals surface area contributed by atoms with Gasteiger partial charge in [-0.3, -0.25) is 0 Å². The van der Waals surface area contributed by atoms with E-state index in [0.29, 0.717) is 12.0 Å². The van der Waals surface area contributed by atoms with Gasteiger partial charge in [-0.25, -0.2) is 4.39 Å². The summed E-state index contributed by atoms with van der Waals surface area (Å²) in [7, 11) is 0. The fourth-order valence-electron chi connectivity index (χ4n) is 1.53. The first-order chi connectivity index (χ1) is 8.34. The zero-order valence-electron chi connectivity index (χ0n) is 10.0. The van der Waals surface area contributed by atoms with Crippen molar-refractivity contribution in [3.8, 4) is 0 Å². The molecular weight excluding hydrogens is 246 g/mol. The molecule has 0 spiro atoms. The summed E-state index contributed by atoms with van der Waals surface area (Å²) in [4.78, 5) is 0. The van der Waals surface area contributed by atoms with E-state index in [9.17, 15) is 17.6 Å². The van der Waals surface area contributed by atoms with Crippen LogP contribution in [-0.2, 0) is 12.7 Å². The van der Waals surface area contributed by atoms with E-state index in [-0.39, 0.29) is 12.6 Å². The van der Waals surface area contributed by atoms with E-state index in [2.05, 4.69) is 11.9 Å².